The number of pyridine rings is 1. The van der Waals surface area contributed by atoms with Gasteiger partial charge in [-0.2, -0.15) is 0 Å². The van der Waals surface area contributed by atoms with Gasteiger partial charge in [0.15, 0.2) is 5.69 Å². The van der Waals surface area contributed by atoms with E-state index in [2.05, 4.69) is 10.3 Å². The number of carbonyl (C=O) groups is 3. The van der Waals surface area contributed by atoms with Gasteiger partial charge in [-0.1, -0.05) is 66.7 Å². The quantitative estimate of drug-likeness (QED) is 0.190. The van der Waals surface area contributed by atoms with Gasteiger partial charge in [-0.3, -0.25) is 4.79 Å². The number of amides is 1. The molecule has 0 bridgehead atoms. The van der Waals surface area contributed by atoms with E-state index >= 15 is 0 Å². The molecule has 206 valence electrons. The van der Waals surface area contributed by atoms with Crippen LogP contribution in [0.2, 0.25) is 0 Å². The van der Waals surface area contributed by atoms with Crippen LogP contribution in [0.25, 0.3) is 21.7 Å². The van der Waals surface area contributed by atoms with E-state index in [0.29, 0.717) is 29.6 Å². The molecule has 0 radical (unpaired) electrons. The minimum Gasteiger partial charge on any atom is -0.476 e. The molecule has 9 nitrogen and oxygen atoms in total. The molecule has 5 aromatic rings. The van der Waals surface area contributed by atoms with E-state index in [-0.39, 0.29) is 17.3 Å². The van der Waals surface area contributed by atoms with Gasteiger partial charge in [0.2, 0.25) is 0 Å². The smallest absolute Gasteiger partial charge is 0.356 e. The number of methoxy groups -OCH3 is 1. The predicted octanol–water partition coefficient (Wildman–Crippen LogP) is 4.38. The Hall–Kier alpha value is -5.44. The van der Waals surface area contributed by atoms with Gasteiger partial charge >= 0.3 is 11.9 Å². The van der Waals surface area contributed by atoms with E-state index in [0.717, 1.165) is 27.3 Å². The summed E-state index contributed by atoms with van der Waals surface area (Å²) in [6, 6.07) is 27.9. The number of aromatic carboxylic acids is 1. The summed E-state index contributed by atoms with van der Waals surface area (Å²) < 4.78 is 5.02. The Kier molecular flexibility index (Phi) is 7.26. The molecule has 1 amide bonds. The van der Waals surface area contributed by atoms with Crippen LogP contribution < -0.4 is 16.8 Å². The third-order valence-electron chi connectivity index (χ3n) is 7.15. The minimum absolute atomic E-state index is 0.0938. The first kappa shape index (κ1) is 27.1. The number of nitrogens with one attached hydrogen (secondary N) is 1. The van der Waals surface area contributed by atoms with Gasteiger partial charge in [0.1, 0.15) is 5.54 Å². The molecule has 0 saturated heterocycles. The van der Waals surface area contributed by atoms with Crippen molar-refractivity contribution in [2.45, 2.75) is 18.4 Å². The monoisotopic (exact) mass is 548 g/mol. The lowest BCUT2D eigenvalue weighted by atomic mass is 9.94. The molecule has 0 spiro atoms. The molecular formula is C32H28N4O5. The number of nitrogens with zero attached hydrogens (tertiary/aromatic N) is 1. The number of ether oxygens (including phenoxy) is 1. The van der Waals surface area contributed by atoms with Crippen molar-refractivity contribution in [3.63, 3.8) is 0 Å². The topological polar surface area (TPSA) is 158 Å². The lowest BCUT2D eigenvalue weighted by Crippen LogP contribution is -2.56. The molecule has 0 unspecified atom stereocenters. The van der Waals surface area contributed by atoms with Crippen LogP contribution >= 0.6 is 0 Å². The lowest BCUT2D eigenvalue weighted by Gasteiger charge is -2.27. The fraction of sp³-hybridized carbons (Fsp3) is 0.125. The van der Waals surface area contributed by atoms with Crippen LogP contribution in [0.1, 0.15) is 32.0 Å². The summed E-state index contributed by atoms with van der Waals surface area (Å²) in [6.45, 7) is 0. The molecule has 0 saturated carbocycles. The molecule has 6 N–H and O–H groups in total. The summed E-state index contributed by atoms with van der Waals surface area (Å²) in [5, 5.41) is 14.4. The molecule has 6 rings (SSSR count). The van der Waals surface area contributed by atoms with Gasteiger partial charge in [0, 0.05) is 23.9 Å². The number of fused-ring (bicyclic) bond motifs is 3. The van der Waals surface area contributed by atoms with E-state index in [4.69, 9.17) is 21.3 Å². The summed E-state index contributed by atoms with van der Waals surface area (Å²) in [4.78, 5) is 40.3. The van der Waals surface area contributed by atoms with Gasteiger partial charge in [0.25, 0.3) is 5.91 Å². The van der Waals surface area contributed by atoms with Crippen molar-refractivity contribution < 1.29 is 24.2 Å². The average molecular weight is 549 g/mol. The number of carboxylic acid groups (broad SMARTS) is 1. The normalized spacial score (nSPS) is 13.1. The first-order valence-corrected chi connectivity index (χ1v) is 12.9. The Labute approximate surface area is 235 Å². The fourth-order valence-corrected chi connectivity index (χ4v) is 5.14. The van der Waals surface area contributed by atoms with Gasteiger partial charge in [0.05, 0.1) is 23.9 Å². The number of anilines is 2. The van der Waals surface area contributed by atoms with Crippen molar-refractivity contribution >= 4 is 50.9 Å². The number of para-hydroxylation sites is 1. The fourth-order valence-electron chi connectivity index (χ4n) is 5.14. The van der Waals surface area contributed by atoms with Crippen LogP contribution in [0.5, 0.6) is 0 Å². The molecule has 1 heterocycles. The number of nitrogen functional groups attached to an aromatic ring is 2. The molecule has 1 aliphatic carbocycles. The van der Waals surface area contributed by atoms with E-state index in [1.54, 1.807) is 30.3 Å². The molecular weight excluding hydrogens is 520 g/mol. The van der Waals surface area contributed by atoms with Crippen LogP contribution in [0.4, 0.5) is 11.4 Å². The molecule has 41 heavy (non-hydrogen) atoms. The highest BCUT2D eigenvalue weighted by molar-refractivity contribution is 6.06. The van der Waals surface area contributed by atoms with Crippen LogP contribution in [0, 0.1) is 0 Å². The second-order valence-electron chi connectivity index (χ2n) is 9.86. The Balaban J connectivity index is 0.000000202. The van der Waals surface area contributed by atoms with Crippen LogP contribution in [-0.2, 0) is 22.4 Å². The third-order valence-corrected chi connectivity index (χ3v) is 7.15. The Morgan fingerprint density at radius 2 is 1.34 bits per heavy atom. The number of carboxylic acids is 1. The van der Waals surface area contributed by atoms with E-state index in [1.807, 2.05) is 60.7 Å². The maximum atomic E-state index is 13.0. The molecule has 0 fully saturated rings. The van der Waals surface area contributed by atoms with Crippen molar-refractivity contribution in [2.24, 2.45) is 0 Å². The number of aromatic nitrogens is 1. The van der Waals surface area contributed by atoms with Crippen molar-refractivity contribution in [1.29, 1.82) is 0 Å². The predicted molar refractivity (Wildman–Crippen MR) is 158 cm³/mol. The lowest BCUT2D eigenvalue weighted by molar-refractivity contribution is -0.147. The molecule has 0 atom stereocenters. The number of hydrogen-bond acceptors (Lipinski definition) is 7. The highest BCUT2D eigenvalue weighted by atomic mass is 16.5. The number of hydrogen-bond donors (Lipinski definition) is 4. The van der Waals surface area contributed by atoms with Crippen molar-refractivity contribution in [2.75, 3.05) is 18.6 Å². The number of rotatable bonds is 4. The zero-order valence-electron chi connectivity index (χ0n) is 22.3. The highest BCUT2D eigenvalue weighted by Crippen LogP contribution is 2.32. The third kappa shape index (κ3) is 5.38. The Morgan fingerprint density at radius 3 is 1.95 bits per heavy atom. The van der Waals surface area contributed by atoms with Gasteiger partial charge < -0.3 is 26.6 Å². The highest BCUT2D eigenvalue weighted by Gasteiger charge is 2.46. The van der Waals surface area contributed by atoms with Crippen LogP contribution in [0.15, 0.2) is 91.0 Å². The summed E-state index contributed by atoms with van der Waals surface area (Å²) >= 11 is 0. The van der Waals surface area contributed by atoms with Crippen molar-refractivity contribution in [1.82, 2.24) is 10.3 Å². The summed E-state index contributed by atoms with van der Waals surface area (Å²) in [5.74, 6) is -1.93. The van der Waals surface area contributed by atoms with Crippen LogP contribution in [-0.4, -0.2) is 40.6 Å². The molecule has 0 aliphatic heterocycles. The second kappa shape index (κ2) is 11.0. The minimum atomic E-state index is -1.12. The maximum Gasteiger partial charge on any atom is 0.356 e. The molecule has 1 aliphatic rings. The number of esters is 1. The summed E-state index contributed by atoms with van der Waals surface area (Å²) in [7, 11) is 1.34. The average Bonchev–Trinajstić information content (AvgIpc) is 3.35. The Bertz CT molecular complexity index is 1790. The molecule has 1 aromatic heterocycles. The first-order chi connectivity index (χ1) is 19.7. The van der Waals surface area contributed by atoms with Crippen molar-refractivity contribution in [3.8, 4) is 0 Å². The Morgan fingerprint density at radius 1 is 0.805 bits per heavy atom. The largest absolute Gasteiger partial charge is 0.476 e. The van der Waals surface area contributed by atoms with E-state index < -0.39 is 17.5 Å². The number of benzene rings is 4. The SMILES string of the molecule is COC(=O)C1(NC(=O)c2cc3ccccc3cc2N)Cc2ccccc2C1.Nc1cc2ccccc2nc1C(=O)O. The van der Waals surface area contributed by atoms with Gasteiger partial charge in [-0.25, -0.2) is 14.6 Å². The zero-order valence-corrected chi connectivity index (χ0v) is 22.3. The summed E-state index contributed by atoms with van der Waals surface area (Å²) in [5.41, 5.74) is 14.1. The van der Waals surface area contributed by atoms with E-state index in [1.165, 1.54) is 7.11 Å². The molecule has 9 heteroatoms. The number of carbonyl (C=O) groups excluding carboxylic acids is 2. The van der Waals surface area contributed by atoms with Crippen molar-refractivity contribution in [3.05, 3.63) is 113 Å². The van der Waals surface area contributed by atoms with Gasteiger partial charge in [-0.05, 0) is 46.2 Å². The second-order valence-corrected chi connectivity index (χ2v) is 9.86. The van der Waals surface area contributed by atoms with Gasteiger partial charge in [-0.15, -0.1) is 0 Å². The maximum absolute atomic E-state index is 13.0. The zero-order chi connectivity index (χ0) is 29.1. The van der Waals surface area contributed by atoms with E-state index in [9.17, 15) is 14.4 Å². The first-order valence-electron chi connectivity index (χ1n) is 12.9. The summed E-state index contributed by atoms with van der Waals surface area (Å²) in [6.07, 6.45) is 0.796. The molecule has 4 aromatic carbocycles. The number of nitrogens with two attached hydrogens (primary N) is 2. The standard InChI is InChI=1S/C22H20N2O3.C10H8N2O2/c1-27-21(26)22(12-16-8-4-5-9-17(16)13-22)24-20(25)18-10-14-6-2-3-7-15(14)11-19(18)23;11-7-5-6-3-1-2-4-8(6)12-9(7)10(13)14/h2-11H,12-13,23H2,1H3,(H,24,25);1-5H,11H2,(H,13,14). The van der Waals surface area contributed by atoms with Crippen LogP contribution in [0.3, 0.4) is 0 Å².